The van der Waals surface area contributed by atoms with Gasteiger partial charge < -0.3 is 20.9 Å². The highest BCUT2D eigenvalue weighted by Crippen LogP contribution is 2.16. The van der Waals surface area contributed by atoms with Gasteiger partial charge in [-0.1, -0.05) is 0 Å². The van der Waals surface area contributed by atoms with Gasteiger partial charge in [-0.15, -0.1) is 5.10 Å². The van der Waals surface area contributed by atoms with Crippen LogP contribution in [0.1, 0.15) is 22.5 Å². The number of piperazine rings is 1. The van der Waals surface area contributed by atoms with Crippen LogP contribution in [0, 0.1) is 13.8 Å². The Hall–Kier alpha value is -3.27. The van der Waals surface area contributed by atoms with Gasteiger partial charge in [0.1, 0.15) is 5.82 Å². The number of carbonyl (C=O) groups is 1. The molecule has 1 amide bonds. The summed E-state index contributed by atoms with van der Waals surface area (Å²) in [5.41, 5.74) is 9.10. The normalized spacial score (nSPS) is 15.0. The Morgan fingerprint density at radius 3 is 2.73 bits per heavy atom. The van der Waals surface area contributed by atoms with Crippen LogP contribution >= 0.6 is 0 Å². The number of hydrogen-bond donors (Lipinski definition) is 2. The third-order valence-electron chi connectivity index (χ3n) is 5.53. The van der Waals surface area contributed by atoms with Crippen molar-refractivity contribution in [2.75, 3.05) is 43.9 Å². The minimum atomic E-state index is -0.0756. The number of amides is 1. The lowest BCUT2D eigenvalue weighted by Crippen LogP contribution is -2.44. The zero-order chi connectivity index (χ0) is 21.3. The lowest BCUT2D eigenvalue weighted by atomic mass is 10.1. The molecule has 1 aliphatic heterocycles. The minimum Gasteiger partial charge on any atom is -0.366 e. The summed E-state index contributed by atoms with van der Waals surface area (Å²) < 4.78 is 1.58. The lowest BCUT2D eigenvalue weighted by molar-refractivity contribution is -0.120. The van der Waals surface area contributed by atoms with Gasteiger partial charge in [-0.25, -0.2) is 9.97 Å². The fraction of sp³-hybridized carbons (Fsp3) is 0.450. The van der Waals surface area contributed by atoms with Gasteiger partial charge in [0.25, 0.3) is 5.78 Å². The zero-order valence-electron chi connectivity index (χ0n) is 17.6. The third-order valence-corrected chi connectivity index (χ3v) is 5.53. The predicted molar refractivity (Wildman–Crippen MR) is 114 cm³/mol. The van der Waals surface area contributed by atoms with Crippen LogP contribution in [0.3, 0.4) is 0 Å². The number of pyridine rings is 1. The van der Waals surface area contributed by atoms with E-state index in [1.165, 1.54) is 0 Å². The first-order valence-corrected chi connectivity index (χ1v) is 10.0. The van der Waals surface area contributed by atoms with E-state index in [1.807, 2.05) is 26.0 Å². The van der Waals surface area contributed by atoms with Gasteiger partial charge in [-0.3, -0.25) is 4.79 Å². The maximum Gasteiger partial charge on any atom is 0.254 e. The molecule has 0 radical (unpaired) electrons. The van der Waals surface area contributed by atoms with Crippen molar-refractivity contribution in [2.45, 2.75) is 26.8 Å². The van der Waals surface area contributed by atoms with Crippen LogP contribution in [0.25, 0.3) is 5.78 Å². The fourth-order valence-electron chi connectivity index (χ4n) is 3.68. The molecule has 4 rings (SSSR count). The number of carbonyl (C=O) groups excluding carboxylic acids is 1. The second kappa shape index (κ2) is 8.23. The molecular weight excluding hydrogens is 382 g/mol. The third kappa shape index (κ3) is 4.18. The van der Waals surface area contributed by atoms with E-state index in [0.29, 0.717) is 12.3 Å². The Morgan fingerprint density at radius 2 is 1.97 bits per heavy atom. The number of anilines is 2. The molecule has 3 aromatic rings. The summed E-state index contributed by atoms with van der Waals surface area (Å²) >= 11 is 0. The average molecular weight is 409 g/mol. The smallest absolute Gasteiger partial charge is 0.254 e. The number of aromatic nitrogens is 5. The molecule has 0 spiro atoms. The molecular formula is C20H27N9O. The number of nitrogens with two attached hydrogens (primary N) is 1. The van der Waals surface area contributed by atoms with Crippen molar-refractivity contribution in [3.05, 3.63) is 40.8 Å². The molecule has 0 atom stereocenters. The number of hydrogen-bond acceptors (Lipinski definition) is 8. The molecule has 0 aliphatic carbocycles. The Kier molecular flexibility index (Phi) is 5.49. The second-order valence-electron chi connectivity index (χ2n) is 7.71. The Labute approximate surface area is 175 Å². The molecule has 1 aliphatic rings. The van der Waals surface area contributed by atoms with Gasteiger partial charge in [0.05, 0.1) is 6.42 Å². The second-order valence-corrected chi connectivity index (χ2v) is 7.71. The van der Waals surface area contributed by atoms with E-state index in [0.717, 1.165) is 54.5 Å². The van der Waals surface area contributed by atoms with E-state index < -0.39 is 0 Å². The minimum absolute atomic E-state index is 0.0756. The first-order valence-electron chi connectivity index (χ1n) is 10.0. The highest BCUT2D eigenvalue weighted by atomic mass is 16.1. The highest BCUT2D eigenvalue weighted by Gasteiger charge is 2.17. The van der Waals surface area contributed by atoms with E-state index in [-0.39, 0.29) is 18.3 Å². The summed E-state index contributed by atoms with van der Waals surface area (Å²) in [6.07, 6.45) is 2.02. The van der Waals surface area contributed by atoms with Gasteiger partial charge in [-0.05, 0) is 38.6 Å². The molecule has 4 heterocycles. The van der Waals surface area contributed by atoms with Gasteiger partial charge in [-0.2, -0.15) is 9.50 Å². The van der Waals surface area contributed by atoms with Crippen LogP contribution in [0.5, 0.6) is 0 Å². The summed E-state index contributed by atoms with van der Waals surface area (Å²) in [6, 6.07) is 3.98. The Bertz CT molecular complexity index is 1070. The van der Waals surface area contributed by atoms with Crippen molar-refractivity contribution in [1.82, 2.24) is 34.8 Å². The van der Waals surface area contributed by atoms with Crippen LogP contribution in [0.2, 0.25) is 0 Å². The number of nitrogen functional groups attached to an aromatic ring is 1. The van der Waals surface area contributed by atoms with Gasteiger partial charge in [0.2, 0.25) is 11.9 Å². The molecule has 10 heteroatoms. The fourth-order valence-corrected chi connectivity index (χ4v) is 3.68. The number of fused-ring (bicyclic) bond motifs is 1. The quantitative estimate of drug-likeness (QED) is 0.619. The SMILES string of the molecule is Cc1nc2nc(N)nn2c(C)c1CC(=O)NCc1ccnc(N2CCN(C)CC2)c1. The lowest BCUT2D eigenvalue weighted by Gasteiger charge is -2.33. The Morgan fingerprint density at radius 1 is 1.20 bits per heavy atom. The van der Waals surface area contributed by atoms with Crippen molar-refractivity contribution in [3.63, 3.8) is 0 Å². The molecule has 3 N–H and O–H groups in total. The van der Waals surface area contributed by atoms with E-state index in [4.69, 9.17) is 5.73 Å². The van der Waals surface area contributed by atoms with Crippen molar-refractivity contribution < 1.29 is 4.79 Å². The first kappa shape index (κ1) is 20.0. The molecule has 0 bridgehead atoms. The molecule has 1 saturated heterocycles. The number of nitrogens with one attached hydrogen (secondary N) is 1. The van der Waals surface area contributed by atoms with E-state index in [1.54, 1.807) is 10.7 Å². The summed E-state index contributed by atoms with van der Waals surface area (Å²) in [4.78, 5) is 30.2. The number of likely N-dealkylation sites (N-methyl/N-ethyl adjacent to an activating group) is 1. The van der Waals surface area contributed by atoms with Crippen molar-refractivity contribution in [2.24, 2.45) is 0 Å². The summed E-state index contributed by atoms with van der Waals surface area (Å²) in [5.74, 6) is 1.49. The standard InChI is InChI=1S/C20H27N9O/c1-13-16(14(2)29-20(24-13)25-19(21)26-29)11-18(30)23-12-15-4-5-22-17(10-15)28-8-6-27(3)7-9-28/h4-5,10H,6-9,11-12H2,1-3H3,(H2,21,26)(H,23,30). The zero-order valence-corrected chi connectivity index (χ0v) is 17.6. The molecule has 3 aromatic heterocycles. The largest absolute Gasteiger partial charge is 0.366 e. The molecule has 10 nitrogen and oxygen atoms in total. The summed E-state index contributed by atoms with van der Waals surface area (Å²) in [6.45, 7) is 8.18. The maximum atomic E-state index is 12.6. The van der Waals surface area contributed by atoms with Crippen LogP contribution in [-0.2, 0) is 17.8 Å². The average Bonchev–Trinajstić information content (AvgIpc) is 3.10. The summed E-state index contributed by atoms with van der Waals surface area (Å²) in [7, 11) is 2.13. The topological polar surface area (TPSA) is 118 Å². The van der Waals surface area contributed by atoms with E-state index in [2.05, 4.69) is 42.2 Å². The van der Waals surface area contributed by atoms with Crippen molar-refractivity contribution in [1.29, 1.82) is 0 Å². The molecule has 1 fully saturated rings. The maximum absolute atomic E-state index is 12.6. The van der Waals surface area contributed by atoms with Gasteiger partial charge in [0, 0.05) is 55.9 Å². The molecule has 0 saturated carbocycles. The highest BCUT2D eigenvalue weighted by molar-refractivity contribution is 5.79. The molecule has 30 heavy (non-hydrogen) atoms. The number of rotatable bonds is 5. The van der Waals surface area contributed by atoms with Crippen LogP contribution < -0.4 is 16.0 Å². The van der Waals surface area contributed by atoms with Crippen molar-refractivity contribution in [3.8, 4) is 0 Å². The first-order chi connectivity index (χ1) is 14.4. The van der Waals surface area contributed by atoms with Crippen molar-refractivity contribution >= 4 is 23.5 Å². The molecule has 158 valence electrons. The Balaban J connectivity index is 1.41. The number of aryl methyl sites for hydroxylation is 2. The predicted octanol–water partition coefficient (Wildman–Crippen LogP) is 0.329. The molecule has 0 unspecified atom stereocenters. The van der Waals surface area contributed by atoms with Crippen LogP contribution in [0.15, 0.2) is 18.3 Å². The van der Waals surface area contributed by atoms with E-state index in [9.17, 15) is 4.79 Å². The van der Waals surface area contributed by atoms with Crippen LogP contribution in [0.4, 0.5) is 11.8 Å². The van der Waals surface area contributed by atoms with Gasteiger partial charge >= 0.3 is 0 Å². The van der Waals surface area contributed by atoms with Crippen LogP contribution in [-0.4, -0.2) is 68.6 Å². The van der Waals surface area contributed by atoms with Gasteiger partial charge in [0.15, 0.2) is 0 Å². The van der Waals surface area contributed by atoms with E-state index >= 15 is 0 Å². The molecule has 0 aromatic carbocycles. The number of nitrogens with zero attached hydrogens (tertiary/aromatic N) is 7. The summed E-state index contributed by atoms with van der Waals surface area (Å²) in [5, 5.41) is 7.15. The monoisotopic (exact) mass is 409 g/mol.